The van der Waals surface area contributed by atoms with Crippen LogP contribution in [0.2, 0.25) is 0 Å². The number of carbonyl (C=O) groups is 1. The van der Waals surface area contributed by atoms with Crippen molar-refractivity contribution in [3.8, 4) is 0 Å². The van der Waals surface area contributed by atoms with E-state index in [1.54, 1.807) is 30.3 Å². The predicted molar refractivity (Wildman–Crippen MR) is 74.5 cm³/mol. The van der Waals surface area contributed by atoms with Gasteiger partial charge in [0.2, 0.25) is 0 Å². The predicted octanol–water partition coefficient (Wildman–Crippen LogP) is 3.62. The number of hydrogen-bond donors (Lipinski definition) is 2. The Morgan fingerprint density at radius 2 is 2.10 bits per heavy atom. The molecule has 2 N–H and O–H groups in total. The van der Waals surface area contributed by atoms with E-state index < -0.39 is 5.97 Å². The Morgan fingerprint density at radius 1 is 1.25 bits per heavy atom. The fourth-order valence-corrected chi connectivity index (χ4v) is 2.68. The zero-order chi connectivity index (χ0) is 14.1. The molecule has 0 spiro atoms. The molecule has 0 bridgehead atoms. The molecule has 0 heterocycles. The van der Waals surface area contributed by atoms with E-state index in [0.29, 0.717) is 0 Å². The van der Waals surface area contributed by atoms with Crippen LogP contribution >= 0.6 is 0 Å². The highest BCUT2D eigenvalue weighted by atomic mass is 19.1. The molecule has 3 nitrogen and oxygen atoms in total. The molecular formula is C16H14FNO2. The second-order valence-electron chi connectivity index (χ2n) is 4.96. The quantitative estimate of drug-likeness (QED) is 0.896. The Labute approximate surface area is 116 Å². The fourth-order valence-electron chi connectivity index (χ4n) is 2.68. The van der Waals surface area contributed by atoms with E-state index in [0.717, 1.165) is 29.7 Å². The normalized spacial score (nSPS) is 16.8. The van der Waals surface area contributed by atoms with Gasteiger partial charge in [0.15, 0.2) is 0 Å². The summed E-state index contributed by atoms with van der Waals surface area (Å²) in [5.74, 6) is -1.15. The van der Waals surface area contributed by atoms with Gasteiger partial charge in [0.25, 0.3) is 0 Å². The molecule has 3 rings (SSSR count). The summed E-state index contributed by atoms with van der Waals surface area (Å²) in [4.78, 5) is 11.0. The number of fused-ring (bicyclic) bond motifs is 1. The van der Waals surface area contributed by atoms with Crippen LogP contribution in [0.4, 0.5) is 10.1 Å². The summed E-state index contributed by atoms with van der Waals surface area (Å²) < 4.78 is 13.2. The van der Waals surface area contributed by atoms with Gasteiger partial charge in [0, 0.05) is 5.69 Å². The highest BCUT2D eigenvalue weighted by molar-refractivity contribution is 5.88. The topological polar surface area (TPSA) is 49.3 Å². The van der Waals surface area contributed by atoms with Crippen LogP contribution in [0.3, 0.4) is 0 Å². The van der Waals surface area contributed by atoms with Crippen LogP contribution in [-0.4, -0.2) is 11.1 Å². The third kappa shape index (κ3) is 2.37. The Balaban J connectivity index is 1.84. The molecule has 2 aromatic rings. The molecule has 1 aliphatic rings. The second-order valence-corrected chi connectivity index (χ2v) is 4.96. The lowest BCUT2D eigenvalue weighted by atomic mass is 10.1. The lowest BCUT2D eigenvalue weighted by molar-refractivity contribution is 0.0697. The summed E-state index contributed by atoms with van der Waals surface area (Å²) in [5.41, 5.74) is 3.14. The first kappa shape index (κ1) is 12.7. The average molecular weight is 271 g/mol. The SMILES string of the molecule is O=C(O)c1cccc(NC2CCc3cc(F)ccc32)c1. The molecule has 4 heteroatoms. The van der Waals surface area contributed by atoms with E-state index in [4.69, 9.17) is 5.11 Å². The number of carboxylic acid groups (broad SMARTS) is 1. The molecule has 1 aliphatic carbocycles. The Hall–Kier alpha value is -2.36. The van der Waals surface area contributed by atoms with Crippen molar-refractivity contribution in [2.24, 2.45) is 0 Å². The van der Waals surface area contributed by atoms with Crippen molar-refractivity contribution in [1.29, 1.82) is 0 Å². The maximum absolute atomic E-state index is 13.2. The monoisotopic (exact) mass is 271 g/mol. The Bertz CT molecular complexity index is 669. The molecule has 1 unspecified atom stereocenters. The fraction of sp³-hybridized carbons (Fsp3) is 0.188. The van der Waals surface area contributed by atoms with Crippen molar-refractivity contribution in [2.45, 2.75) is 18.9 Å². The third-order valence-electron chi connectivity index (χ3n) is 3.63. The summed E-state index contributed by atoms with van der Waals surface area (Å²) in [6.45, 7) is 0. The van der Waals surface area contributed by atoms with Crippen molar-refractivity contribution in [3.63, 3.8) is 0 Å². The Kier molecular flexibility index (Phi) is 3.14. The van der Waals surface area contributed by atoms with E-state index in [-0.39, 0.29) is 17.4 Å². The molecule has 0 saturated heterocycles. The molecule has 0 aliphatic heterocycles. The summed E-state index contributed by atoms with van der Waals surface area (Å²) >= 11 is 0. The minimum absolute atomic E-state index is 0.106. The lowest BCUT2D eigenvalue weighted by Crippen LogP contribution is -2.08. The van der Waals surface area contributed by atoms with Crippen molar-refractivity contribution in [3.05, 3.63) is 65.0 Å². The molecule has 2 aromatic carbocycles. The van der Waals surface area contributed by atoms with E-state index in [1.807, 2.05) is 6.07 Å². The second kappa shape index (κ2) is 4.96. The number of carboxylic acids is 1. The number of rotatable bonds is 3. The van der Waals surface area contributed by atoms with Crippen LogP contribution in [0.25, 0.3) is 0 Å². The molecular weight excluding hydrogens is 257 g/mol. The zero-order valence-corrected chi connectivity index (χ0v) is 10.8. The molecule has 1 atom stereocenters. The number of hydrogen-bond acceptors (Lipinski definition) is 2. The molecule has 0 fully saturated rings. The molecule has 0 aromatic heterocycles. The zero-order valence-electron chi connectivity index (χ0n) is 10.8. The van der Waals surface area contributed by atoms with Crippen LogP contribution in [0.5, 0.6) is 0 Å². The van der Waals surface area contributed by atoms with Gasteiger partial charge in [-0.1, -0.05) is 12.1 Å². The molecule has 0 radical (unpaired) electrons. The van der Waals surface area contributed by atoms with Crippen LogP contribution in [0, 0.1) is 5.82 Å². The maximum atomic E-state index is 13.2. The van der Waals surface area contributed by atoms with Gasteiger partial charge in [0.1, 0.15) is 5.82 Å². The van der Waals surface area contributed by atoms with Gasteiger partial charge in [-0.15, -0.1) is 0 Å². The van der Waals surface area contributed by atoms with Gasteiger partial charge in [-0.25, -0.2) is 9.18 Å². The highest BCUT2D eigenvalue weighted by Crippen LogP contribution is 2.34. The molecule has 0 amide bonds. The molecule has 102 valence electrons. The lowest BCUT2D eigenvalue weighted by Gasteiger charge is -2.16. The molecule has 20 heavy (non-hydrogen) atoms. The summed E-state index contributed by atoms with van der Waals surface area (Å²) in [6, 6.07) is 11.7. The van der Waals surface area contributed by atoms with Crippen LogP contribution < -0.4 is 5.32 Å². The smallest absolute Gasteiger partial charge is 0.335 e. The van der Waals surface area contributed by atoms with Crippen molar-refractivity contribution < 1.29 is 14.3 Å². The van der Waals surface area contributed by atoms with Gasteiger partial charge in [-0.3, -0.25) is 0 Å². The number of nitrogens with one attached hydrogen (secondary N) is 1. The van der Waals surface area contributed by atoms with Crippen LogP contribution in [0.15, 0.2) is 42.5 Å². The minimum atomic E-state index is -0.942. The van der Waals surface area contributed by atoms with Gasteiger partial charge in [-0.05, 0) is 54.3 Å². The van der Waals surface area contributed by atoms with Crippen molar-refractivity contribution in [1.82, 2.24) is 0 Å². The summed E-state index contributed by atoms with van der Waals surface area (Å²) in [7, 11) is 0. The number of benzene rings is 2. The number of aromatic carboxylic acids is 1. The van der Waals surface area contributed by atoms with Crippen molar-refractivity contribution in [2.75, 3.05) is 5.32 Å². The van der Waals surface area contributed by atoms with E-state index in [2.05, 4.69) is 5.32 Å². The maximum Gasteiger partial charge on any atom is 0.335 e. The standard InChI is InChI=1S/C16H14FNO2/c17-12-5-6-14-10(8-12)4-7-15(14)18-13-3-1-2-11(9-13)16(19)20/h1-3,5-6,8-9,15,18H,4,7H2,(H,19,20). The summed E-state index contributed by atoms with van der Waals surface area (Å²) in [5, 5.41) is 12.3. The first-order valence-corrected chi connectivity index (χ1v) is 6.52. The van der Waals surface area contributed by atoms with Crippen LogP contribution in [0.1, 0.15) is 33.9 Å². The van der Waals surface area contributed by atoms with Crippen molar-refractivity contribution >= 4 is 11.7 Å². The van der Waals surface area contributed by atoms with Gasteiger partial charge < -0.3 is 10.4 Å². The largest absolute Gasteiger partial charge is 0.478 e. The average Bonchev–Trinajstić information content (AvgIpc) is 2.81. The number of anilines is 1. The van der Waals surface area contributed by atoms with Gasteiger partial charge >= 0.3 is 5.97 Å². The summed E-state index contributed by atoms with van der Waals surface area (Å²) in [6.07, 6.45) is 1.72. The van der Waals surface area contributed by atoms with E-state index in [9.17, 15) is 9.18 Å². The minimum Gasteiger partial charge on any atom is -0.478 e. The number of aryl methyl sites for hydroxylation is 1. The Morgan fingerprint density at radius 3 is 2.90 bits per heavy atom. The van der Waals surface area contributed by atoms with E-state index >= 15 is 0 Å². The van der Waals surface area contributed by atoms with Gasteiger partial charge in [-0.2, -0.15) is 0 Å². The van der Waals surface area contributed by atoms with Crippen LogP contribution in [-0.2, 0) is 6.42 Å². The first-order chi connectivity index (χ1) is 9.63. The first-order valence-electron chi connectivity index (χ1n) is 6.52. The molecule has 0 saturated carbocycles. The highest BCUT2D eigenvalue weighted by Gasteiger charge is 2.22. The van der Waals surface area contributed by atoms with Gasteiger partial charge in [0.05, 0.1) is 11.6 Å². The van der Waals surface area contributed by atoms with E-state index in [1.165, 1.54) is 6.07 Å². The number of halogens is 1. The third-order valence-corrected chi connectivity index (χ3v) is 3.63.